The number of imidazole rings is 1. The van der Waals surface area contributed by atoms with Crippen LogP contribution in [0.4, 0.5) is 10.1 Å². The molecule has 4 aromatic rings. The Bertz CT molecular complexity index is 1160. The van der Waals surface area contributed by atoms with Crippen LogP contribution in [-0.4, -0.2) is 21.2 Å². The van der Waals surface area contributed by atoms with E-state index in [-0.39, 0.29) is 17.5 Å². The van der Waals surface area contributed by atoms with Gasteiger partial charge in [0.05, 0.1) is 11.4 Å². The number of benzene rings is 3. The molecule has 0 radical (unpaired) electrons. The predicted octanol–water partition coefficient (Wildman–Crippen LogP) is 5.72. The highest BCUT2D eigenvalue weighted by atomic mass is 32.2. The zero-order valence-electron chi connectivity index (χ0n) is 16.4. The van der Waals surface area contributed by atoms with E-state index in [2.05, 4.69) is 5.32 Å². The Balaban J connectivity index is 1.58. The van der Waals surface area contributed by atoms with Crippen LogP contribution in [0.2, 0.25) is 0 Å². The first-order valence-electron chi connectivity index (χ1n) is 9.49. The minimum atomic E-state index is -0.297. The van der Waals surface area contributed by atoms with Gasteiger partial charge in [-0.25, -0.2) is 9.37 Å². The van der Waals surface area contributed by atoms with Crippen LogP contribution in [0.3, 0.4) is 0 Å². The van der Waals surface area contributed by atoms with Gasteiger partial charge in [-0.2, -0.15) is 0 Å². The molecular formula is C24H20FN3OS. The molecule has 0 atom stereocenters. The SMILES string of the molecule is Cc1ccccc1NC(=O)CSc1nc(-c2ccccc2)cn1-c1ccc(F)cc1. The average Bonchev–Trinajstić information content (AvgIpc) is 3.19. The van der Waals surface area contributed by atoms with E-state index in [1.54, 1.807) is 12.1 Å². The monoisotopic (exact) mass is 417 g/mol. The molecule has 4 nitrogen and oxygen atoms in total. The number of anilines is 1. The fourth-order valence-corrected chi connectivity index (χ4v) is 3.82. The summed E-state index contributed by atoms with van der Waals surface area (Å²) >= 11 is 1.34. The lowest BCUT2D eigenvalue weighted by Gasteiger charge is -2.09. The van der Waals surface area contributed by atoms with Gasteiger partial charge in [-0.05, 0) is 42.8 Å². The maximum atomic E-state index is 13.4. The van der Waals surface area contributed by atoms with E-state index in [9.17, 15) is 9.18 Å². The van der Waals surface area contributed by atoms with Crippen LogP contribution >= 0.6 is 11.8 Å². The number of carbonyl (C=O) groups excluding carboxylic acids is 1. The van der Waals surface area contributed by atoms with Crippen molar-refractivity contribution in [2.75, 3.05) is 11.1 Å². The second kappa shape index (κ2) is 8.97. The van der Waals surface area contributed by atoms with Crippen molar-refractivity contribution in [2.24, 2.45) is 0 Å². The number of thioether (sulfide) groups is 1. The van der Waals surface area contributed by atoms with Crippen molar-refractivity contribution >= 4 is 23.4 Å². The lowest BCUT2D eigenvalue weighted by molar-refractivity contribution is -0.113. The summed E-state index contributed by atoms with van der Waals surface area (Å²) < 4.78 is 15.3. The fraction of sp³-hybridized carbons (Fsp3) is 0.0833. The number of amides is 1. The van der Waals surface area contributed by atoms with E-state index < -0.39 is 0 Å². The molecule has 0 saturated heterocycles. The van der Waals surface area contributed by atoms with Crippen LogP contribution in [0, 0.1) is 12.7 Å². The molecule has 1 N–H and O–H groups in total. The largest absolute Gasteiger partial charge is 0.325 e. The highest BCUT2D eigenvalue weighted by Gasteiger charge is 2.14. The van der Waals surface area contributed by atoms with Crippen molar-refractivity contribution in [2.45, 2.75) is 12.1 Å². The van der Waals surface area contributed by atoms with Gasteiger partial charge in [-0.3, -0.25) is 9.36 Å². The van der Waals surface area contributed by atoms with Crippen molar-refractivity contribution < 1.29 is 9.18 Å². The third-order valence-corrected chi connectivity index (χ3v) is 5.55. The topological polar surface area (TPSA) is 46.9 Å². The summed E-state index contributed by atoms with van der Waals surface area (Å²) in [5.74, 6) is -0.195. The Hall–Kier alpha value is -3.38. The summed E-state index contributed by atoms with van der Waals surface area (Å²) in [6.45, 7) is 1.95. The van der Waals surface area contributed by atoms with Gasteiger partial charge in [0, 0.05) is 23.1 Å². The van der Waals surface area contributed by atoms with Gasteiger partial charge in [-0.15, -0.1) is 0 Å². The van der Waals surface area contributed by atoms with E-state index in [1.807, 2.05) is 72.3 Å². The second-order valence-electron chi connectivity index (χ2n) is 6.77. The van der Waals surface area contributed by atoms with E-state index in [1.165, 1.54) is 23.9 Å². The Labute approximate surface area is 178 Å². The number of hydrogen-bond donors (Lipinski definition) is 1. The molecule has 6 heteroatoms. The first-order valence-corrected chi connectivity index (χ1v) is 10.5. The molecular weight excluding hydrogens is 397 g/mol. The van der Waals surface area contributed by atoms with Gasteiger partial charge in [-0.1, -0.05) is 60.3 Å². The highest BCUT2D eigenvalue weighted by molar-refractivity contribution is 7.99. The number of halogens is 1. The van der Waals surface area contributed by atoms with E-state index in [4.69, 9.17) is 4.98 Å². The molecule has 0 aliphatic carbocycles. The molecule has 3 aromatic carbocycles. The Morgan fingerprint density at radius 2 is 1.70 bits per heavy atom. The lowest BCUT2D eigenvalue weighted by atomic mass is 10.2. The number of carbonyl (C=O) groups is 1. The second-order valence-corrected chi connectivity index (χ2v) is 7.72. The Morgan fingerprint density at radius 3 is 2.43 bits per heavy atom. The normalized spacial score (nSPS) is 10.7. The summed E-state index contributed by atoms with van der Waals surface area (Å²) in [5.41, 5.74) is 4.36. The Kier molecular flexibility index (Phi) is 5.95. The number of hydrogen-bond acceptors (Lipinski definition) is 3. The standard InChI is InChI=1S/C24H20FN3OS/c1-17-7-5-6-10-21(17)26-23(29)16-30-24-27-22(18-8-3-2-4-9-18)15-28(24)20-13-11-19(25)12-14-20/h2-15H,16H2,1H3,(H,26,29). The minimum Gasteiger partial charge on any atom is -0.325 e. The lowest BCUT2D eigenvalue weighted by Crippen LogP contribution is -2.15. The fourth-order valence-electron chi connectivity index (χ4n) is 3.03. The van der Waals surface area contributed by atoms with E-state index in [0.29, 0.717) is 5.16 Å². The predicted molar refractivity (Wildman–Crippen MR) is 119 cm³/mol. The van der Waals surface area contributed by atoms with Crippen LogP contribution in [0.25, 0.3) is 16.9 Å². The summed E-state index contributed by atoms with van der Waals surface area (Å²) in [6, 6.07) is 23.7. The maximum absolute atomic E-state index is 13.4. The molecule has 0 aliphatic heterocycles. The molecule has 0 spiro atoms. The molecule has 0 bridgehead atoms. The van der Waals surface area contributed by atoms with E-state index >= 15 is 0 Å². The summed E-state index contributed by atoms with van der Waals surface area (Å²) in [5, 5.41) is 3.61. The summed E-state index contributed by atoms with van der Waals surface area (Å²) in [7, 11) is 0. The molecule has 4 rings (SSSR count). The van der Waals surface area contributed by atoms with Crippen LogP contribution in [-0.2, 0) is 4.79 Å². The van der Waals surface area contributed by atoms with Crippen LogP contribution in [0.1, 0.15) is 5.56 Å². The van der Waals surface area contributed by atoms with Crippen molar-refractivity contribution in [3.63, 3.8) is 0 Å². The van der Waals surface area contributed by atoms with Gasteiger partial charge in [0.15, 0.2) is 5.16 Å². The Morgan fingerprint density at radius 1 is 1.00 bits per heavy atom. The van der Waals surface area contributed by atoms with Gasteiger partial charge in [0.25, 0.3) is 0 Å². The summed E-state index contributed by atoms with van der Waals surface area (Å²) in [6.07, 6.45) is 1.91. The first kappa shape index (κ1) is 19.9. The van der Waals surface area contributed by atoms with Crippen LogP contribution in [0.5, 0.6) is 0 Å². The molecule has 0 unspecified atom stereocenters. The number of para-hydroxylation sites is 1. The van der Waals surface area contributed by atoms with Crippen molar-refractivity contribution in [1.82, 2.24) is 9.55 Å². The van der Waals surface area contributed by atoms with Gasteiger partial charge < -0.3 is 5.32 Å². The number of nitrogens with zero attached hydrogens (tertiary/aromatic N) is 2. The van der Waals surface area contributed by atoms with E-state index in [0.717, 1.165) is 28.2 Å². The number of aryl methyl sites for hydroxylation is 1. The van der Waals surface area contributed by atoms with Crippen LogP contribution in [0.15, 0.2) is 90.2 Å². The highest BCUT2D eigenvalue weighted by Crippen LogP contribution is 2.27. The minimum absolute atomic E-state index is 0.107. The van der Waals surface area contributed by atoms with Gasteiger partial charge in [0.2, 0.25) is 5.91 Å². The number of rotatable bonds is 6. The molecule has 30 heavy (non-hydrogen) atoms. The quantitative estimate of drug-likeness (QED) is 0.408. The van der Waals surface area contributed by atoms with Crippen molar-refractivity contribution in [1.29, 1.82) is 0 Å². The van der Waals surface area contributed by atoms with Gasteiger partial charge >= 0.3 is 0 Å². The third kappa shape index (κ3) is 4.60. The molecule has 0 saturated carbocycles. The number of aromatic nitrogens is 2. The van der Waals surface area contributed by atoms with Crippen molar-refractivity contribution in [3.05, 3.63) is 96.4 Å². The smallest absolute Gasteiger partial charge is 0.234 e. The number of nitrogens with one attached hydrogen (secondary N) is 1. The molecule has 1 heterocycles. The van der Waals surface area contributed by atoms with Gasteiger partial charge in [0.1, 0.15) is 5.82 Å². The molecule has 1 amide bonds. The third-order valence-electron chi connectivity index (χ3n) is 4.60. The maximum Gasteiger partial charge on any atom is 0.234 e. The molecule has 0 fully saturated rings. The van der Waals surface area contributed by atoms with Crippen LogP contribution < -0.4 is 5.32 Å². The molecule has 150 valence electrons. The molecule has 0 aliphatic rings. The zero-order valence-corrected chi connectivity index (χ0v) is 17.2. The van der Waals surface area contributed by atoms with Crippen molar-refractivity contribution in [3.8, 4) is 16.9 Å². The zero-order chi connectivity index (χ0) is 20.9. The average molecular weight is 418 g/mol. The first-order chi connectivity index (χ1) is 14.6. The summed E-state index contributed by atoms with van der Waals surface area (Å²) in [4.78, 5) is 17.2. The molecule has 1 aromatic heterocycles.